The number of nitrogens with two attached hydrogens (primary N) is 1. The standard InChI is InChI=1S/C13H24FN5/c1-5-10(6-2)19(8-9(3)4)12-11(14)7-16-13(17-12)18-15/h7,9-10H,5-6,8,15H2,1-4H3,(H,16,17,18). The van der Waals surface area contributed by atoms with Crippen molar-refractivity contribution in [2.24, 2.45) is 11.8 Å². The smallest absolute Gasteiger partial charge is 0.239 e. The number of halogens is 1. The van der Waals surface area contributed by atoms with Crippen molar-refractivity contribution in [3.8, 4) is 0 Å². The Morgan fingerprint density at radius 3 is 2.47 bits per heavy atom. The van der Waals surface area contributed by atoms with Gasteiger partial charge in [-0.1, -0.05) is 27.7 Å². The molecule has 0 unspecified atom stereocenters. The van der Waals surface area contributed by atoms with Crippen LogP contribution in [0.15, 0.2) is 6.20 Å². The van der Waals surface area contributed by atoms with Gasteiger partial charge in [0, 0.05) is 12.6 Å². The van der Waals surface area contributed by atoms with E-state index in [0.29, 0.717) is 11.7 Å². The highest BCUT2D eigenvalue weighted by atomic mass is 19.1. The SMILES string of the molecule is CCC(CC)N(CC(C)C)c1nc(NN)ncc1F. The van der Waals surface area contributed by atoms with E-state index >= 15 is 0 Å². The summed E-state index contributed by atoms with van der Waals surface area (Å²) in [7, 11) is 0. The summed E-state index contributed by atoms with van der Waals surface area (Å²) >= 11 is 0. The van der Waals surface area contributed by atoms with Crippen molar-refractivity contribution in [3.63, 3.8) is 0 Å². The Morgan fingerprint density at radius 2 is 2.00 bits per heavy atom. The Balaban J connectivity index is 3.15. The lowest BCUT2D eigenvalue weighted by atomic mass is 10.1. The number of aromatic nitrogens is 2. The Labute approximate surface area is 114 Å². The molecule has 5 nitrogen and oxygen atoms in total. The average Bonchev–Trinajstić information content (AvgIpc) is 2.39. The van der Waals surface area contributed by atoms with Gasteiger partial charge in [0.1, 0.15) is 0 Å². The molecule has 0 atom stereocenters. The molecular weight excluding hydrogens is 245 g/mol. The summed E-state index contributed by atoms with van der Waals surface area (Å²) in [5, 5.41) is 0. The molecule has 6 heteroatoms. The molecule has 1 aromatic heterocycles. The fraction of sp³-hybridized carbons (Fsp3) is 0.692. The third-order valence-electron chi connectivity index (χ3n) is 3.07. The molecule has 0 aliphatic carbocycles. The van der Waals surface area contributed by atoms with Gasteiger partial charge in [-0.05, 0) is 18.8 Å². The fourth-order valence-electron chi connectivity index (χ4n) is 2.16. The molecule has 0 saturated heterocycles. The highest BCUT2D eigenvalue weighted by molar-refractivity contribution is 5.44. The maximum absolute atomic E-state index is 14.0. The zero-order valence-electron chi connectivity index (χ0n) is 12.2. The molecule has 0 spiro atoms. The van der Waals surface area contributed by atoms with Crippen LogP contribution in [0.3, 0.4) is 0 Å². The van der Waals surface area contributed by atoms with Gasteiger partial charge in [-0.15, -0.1) is 0 Å². The van der Waals surface area contributed by atoms with Crippen LogP contribution in [0.4, 0.5) is 16.2 Å². The molecule has 0 bridgehead atoms. The quantitative estimate of drug-likeness (QED) is 0.588. The van der Waals surface area contributed by atoms with Crippen molar-refractivity contribution in [2.75, 3.05) is 16.9 Å². The topological polar surface area (TPSA) is 67.1 Å². The fourth-order valence-corrected chi connectivity index (χ4v) is 2.16. The summed E-state index contributed by atoms with van der Waals surface area (Å²) < 4.78 is 14.0. The molecule has 0 aliphatic heterocycles. The van der Waals surface area contributed by atoms with Crippen molar-refractivity contribution in [2.45, 2.75) is 46.6 Å². The monoisotopic (exact) mass is 269 g/mol. The number of nitrogens with one attached hydrogen (secondary N) is 1. The summed E-state index contributed by atoms with van der Waals surface area (Å²) in [5.41, 5.74) is 2.36. The second kappa shape index (κ2) is 7.23. The van der Waals surface area contributed by atoms with Gasteiger partial charge in [0.25, 0.3) is 0 Å². The number of nitrogen functional groups attached to an aromatic ring is 1. The number of rotatable bonds is 7. The van der Waals surface area contributed by atoms with E-state index in [1.54, 1.807) is 0 Å². The first kappa shape index (κ1) is 15.6. The summed E-state index contributed by atoms with van der Waals surface area (Å²) in [6.45, 7) is 9.17. The maximum atomic E-state index is 14.0. The van der Waals surface area contributed by atoms with Gasteiger partial charge in [-0.2, -0.15) is 4.98 Å². The van der Waals surface area contributed by atoms with Gasteiger partial charge < -0.3 is 4.90 Å². The van der Waals surface area contributed by atoms with Crippen LogP contribution in [0.2, 0.25) is 0 Å². The largest absolute Gasteiger partial charge is 0.351 e. The Hall–Kier alpha value is -1.43. The zero-order chi connectivity index (χ0) is 14.4. The number of hydrogen-bond donors (Lipinski definition) is 2. The van der Waals surface area contributed by atoms with Gasteiger partial charge >= 0.3 is 0 Å². The highest BCUT2D eigenvalue weighted by Crippen LogP contribution is 2.23. The van der Waals surface area contributed by atoms with Gasteiger partial charge in [0.2, 0.25) is 5.95 Å². The van der Waals surface area contributed by atoms with Crippen LogP contribution in [0, 0.1) is 11.7 Å². The van der Waals surface area contributed by atoms with Gasteiger partial charge in [0.05, 0.1) is 6.20 Å². The van der Waals surface area contributed by atoms with E-state index in [2.05, 4.69) is 43.1 Å². The second-order valence-corrected chi connectivity index (χ2v) is 5.03. The van der Waals surface area contributed by atoms with Crippen LogP contribution in [0.25, 0.3) is 0 Å². The van der Waals surface area contributed by atoms with Gasteiger partial charge in [-0.25, -0.2) is 15.2 Å². The third kappa shape index (κ3) is 4.02. The molecule has 0 amide bonds. The molecule has 3 N–H and O–H groups in total. The molecule has 0 saturated carbocycles. The highest BCUT2D eigenvalue weighted by Gasteiger charge is 2.22. The molecule has 19 heavy (non-hydrogen) atoms. The van der Waals surface area contributed by atoms with E-state index in [1.807, 2.05) is 4.90 Å². The van der Waals surface area contributed by atoms with Gasteiger partial charge in [-0.3, -0.25) is 5.43 Å². The lowest BCUT2D eigenvalue weighted by Gasteiger charge is -2.33. The van der Waals surface area contributed by atoms with Crippen LogP contribution < -0.4 is 16.2 Å². The van der Waals surface area contributed by atoms with Crippen LogP contribution in [-0.2, 0) is 0 Å². The summed E-state index contributed by atoms with van der Waals surface area (Å²) in [5.74, 6) is 5.86. The molecule has 0 aromatic carbocycles. The predicted octanol–water partition coefficient (Wildman–Crippen LogP) is 2.55. The van der Waals surface area contributed by atoms with Crippen LogP contribution in [0.5, 0.6) is 0 Å². The lowest BCUT2D eigenvalue weighted by Crippen LogP contribution is -2.38. The number of nitrogens with zero attached hydrogens (tertiary/aromatic N) is 3. The lowest BCUT2D eigenvalue weighted by molar-refractivity contribution is 0.489. The molecule has 0 aliphatic rings. The van der Waals surface area contributed by atoms with Crippen LogP contribution in [-0.4, -0.2) is 22.6 Å². The summed E-state index contributed by atoms with van der Waals surface area (Å²) in [4.78, 5) is 9.96. The summed E-state index contributed by atoms with van der Waals surface area (Å²) in [6.07, 6.45) is 3.04. The molecule has 1 heterocycles. The molecule has 1 aromatic rings. The minimum Gasteiger partial charge on any atom is -0.351 e. The predicted molar refractivity (Wildman–Crippen MR) is 76.4 cm³/mol. The molecular formula is C13H24FN5. The minimum atomic E-state index is -0.411. The van der Waals surface area contributed by atoms with E-state index in [4.69, 9.17) is 5.84 Å². The number of hydrogen-bond acceptors (Lipinski definition) is 5. The van der Waals surface area contributed by atoms with Crippen LogP contribution >= 0.6 is 0 Å². The summed E-state index contributed by atoms with van der Waals surface area (Å²) in [6, 6.07) is 0.262. The first-order valence-corrected chi connectivity index (χ1v) is 6.79. The second-order valence-electron chi connectivity index (χ2n) is 5.03. The van der Waals surface area contributed by atoms with E-state index in [1.165, 1.54) is 0 Å². The number of hydrazine groups is 1. The van der Waals surface area contributed by atoms with Crippen molar-refractivity contribution < 1.29 is 4.39 Å². The van der Waals surface area contributed by atoms with Crippen molar-refractivity contribution in [3.05, 3.63) is 12.0 Å². The first-order chi connectivity index (χ1) is 9.03. The average molecular weight is 269 g/mol. The first-order valence-electron chi connectivity index (χ1n) is 6.79. The van der Waals surface area contributed by atoms with Crippen molar-refractivity contribution in [1.29, 1.82) is 0 Å². The molecule has 108 valence electrons. The van der Waals surface area contributed by atoms with E-state index < -0.39 is 5.82 Å². The minimum absolute atomic E-state index is 0.233. The third-order valence-corrected chi connectivity index (χ3v) is 3.07. The van der Waals surface area contributed by atoms with E-state index in [9.17, 15) is 4.39 Å². The van der Waals surface area contributed by atoms with Crippen LogP contribution in [0.1, 0.15) is 40.5 Å². The molecule has 0 radical (unpaired) electrons. The normalized spacial score (nSPS) is 11.2. The van der Waals surface area contributed by atoms with Gasteiger partial charge in [0.15, 0.2) is 11.6 Å². The van der Waals surface area contributed by atoms with Crippen molar-refractivity contribution in [1.82, 2.24) is 9.97 Å². The van der Waals surface area contributed by atoms with E-state index in [0.717, 1.165) is 25.6 Å². The Kier molecular flexibility index (Phi) is 5.95. The Morgan fingerprint density at radius 1 is 1.37 bits per heavy atom. The Bertz CT molecular complexity index is 393. The van der Waals surface area contributed by atoms with E-state index in [-0.39, 0.29) is 12.0 Å². The molecule has 0 fully saturated rings. The zero-order valence-corrected chi connectivity index (χ0v) is 12.2. The van der Waals surface area contributed by atoms with Crippen molar-refractivity contribution >= 4 is 11.8 Å². The number of anilines is 2. The molecule has 1 rings (SSSR count). The maximum Gasteiger partial charge on any atom is 0.239 e.